The van der Waals surface area contributed by atoms with Crippen LogP contribution in [0.2, 0.25) is 0 Å². The summed E-state index contributed by atoms with van der Waals surface area (Å²) < 4.78 is 5.27. The van der Waals surface area contributed by atoms with Gasteiger partial charge < -0.3 is 9.64 Å². The van der Waals surface area contributed by atoms with Gasteiger partial charge in [0.15, 0.2) is 0 Å². The van der Waals surface area contributed by atoms with E-state index in [0.717, 1.165) is 19.7 Å². The van der Waals surface area contributed by atoms with Crippen LogP contribution in [0.15, 0.2) is 0 Å². The van der Waals surface area contributed by atoms with E-state index in [4.69, 9.17) is 4.74 Å². The molecule has 0 aromatic heterocycles. The number of ether oxygens (including phenoxy) is 1. The SMILES string of the molecule is [CH2-]N1CC(OCC)C1. The van der Waals surface area contributed by atoms with Gasteiger partial charge in [-0.3, -0.25) is 7.05 Å². The maximum atomic E-state index is 5.27. The van der Waals surface area contributed by atoms with Gasteiger partial charge in [-0.1, -0.05) is 0 Å². The normalized spacial score (nSPS) is 23.2. The molecule has 8 heavy (non-hydrogen) atoms. The quantitative estimate of drug-likeness (QED) is 0.485. The first-order valence-electron chi connectivity index (χ1n) is 3.00. The first-order chi connectivity index (χ1) is 3.83. The summed E-state index contributed by atoms with van der Waals surface area (Å²) in [4.78, 5) is 2.00. The van der Waals surface area contributed by atoms with Gasteiger partial charge in [-0.2, -0.15) is 0 Å². The van der Waals surface area contributed by atoms with Crippen molar-refractivity contribution in [3.05, 3.63) is 7.05 Å². The Kier molecular flexibility index (Phi) is 1.86. The number of likely N-dealkylation sites (tertiary alicyclic amines) is 1. The number of nitrogens with zero attached hydrogens (tertiary/aromatic N) is 1. The lowest BCUT2D eigenvalue weighted by Crippen LogP contribution is -2.48. The Morgan fingerprint density at radius 1 is 1.75 bits per heavy atom. The molecular weight excluding hydrogens is 102 g/mol. The predicted molar refractivity (Wildman–Crippen MR) is 32.3 cm³/mol. The van der Waals surface area contributed by atoms with Crippen molar-refractivity contribution in [2.75, 3.05) is 19.7 Å². The van der Waals surface area contributed by atoms with E-state index in [1.54, 1.807) is 0 Å². The first-order valence-corrected chi connectivity index (χ1v) is 3.00. The van der Waals surface area contributed by atoms with Crippen molar-refractivity contribution in [3.63, 3.8) is 0 Å². The third-order valence-electron chi connectivity index (χ3n) is 1.33. The van der Waals surface area contributed by atoms with Crippen molar-refractivity contribution >= 4 is 0 Å². The average molecular weight is 114 g/mol. The zero-order chi connectivity index (χ0) is 5.98. The molecule has 0 N–H and O–H groups in total. The monoisotopic (exact) mass is 114 g/mol. The molecule has 1 saturated heterocycles. The Balaban J connectivity index is 1.98. The van der Waals surface area contributed by atoms with Crippen molar-refractivity contribution in [1.82, 2.24) is 4.90 Å². The molecule has 0 spiro atoms. The molecule has 0 aliphatic carbocycles. The van der Waals surface area contributed by atoms with Crippen molar-refractivity contribution in [2.45, 2.75) is 13.0 Å². The van der Waals surface area contributed by atoms with Gasteiger partial charge in [-0.05, 0) is 20.0 Å². The molecule has 1 fully saturated rings. The summed E-state index contributed by atoms with van der Waals surface area (Å²) in [7, 11) is 3.73. The van der Waals surface area contributed by atoms with Crippen molar-refractivity contribution in [3.8, 4) is 0 Å². The van der Waals surface area contributed by atoms with Crippen molar-refractivity contribution < 1.29 is 4.74 Å². The summed E-state index contributed by atoms with van der Waals surface area (Å²) in [6, 6.07) is 0. The third-order valence-corrected chi connectivity index (χ3v) is 1.33. The average Bonchev–Trinajstić information content (AvgIpc) is 1.64. The summed E-state index contributed by atoms with van der Waals surface area (Å²) in [5.41, 5.74) is 0. The summed E-state index contributed by atoms with van der Waals surface area (Å²) in [6.07, 6.45) is 0.470. The smallest absolute Gasteiger partial charge is 0.0780 e. The van der Waals surface area contributed by atoms with Crippen LogP contribution in [-0.2, 0) is 4.74 Å². The fraction of sp³-hybridized carbons (Fsp3) is 0.833. The Morgan fingerprint density at radius 2 is 2.38 bits per heavy atom. The standard InChI is InChI=1S/C6H12NO/c1-3-8-6-4-7(2)5-6/h6H,2-5H2,1H3/q-1. The molecule has 0 radical (unpaired) electrons. The van der Waals surface area contributed by atoms with E-state index in [1.807, 2.05) is 11.8 Å². The van der Waals surface area contributed by atoms with E-state index in [2.05, 4.69) is 7.05 Å². The molecule has 0 atom stereocenters. The minimum atomic E-state index is 0.470. The Morgan fingerprint density at radius 3 is 2.75 bits per heavy atom. The van der Waals surface area contributed by atoms with Gasteiger partial charge in [0.05, 0.1) is 6.10 Å². The van der Waals surface area contributed by atoms with Crippen LogP contribution in [0.5, 0.6) is 0 Å². The van der Waals surface area contributed by atoms with Gasteiger partial charge in [0, 0.05) is 6.61 Å². The van der Waals surface area contributed by atoms with Gasteiger partial charge in [0.2, 0.25) is 0 Å². The van der Waals surface area contributed by atoms with E-state index >= 15 is 0 Å². The predicted octanol–water partition coefficient (Wildman–Crippen LogP) is 0.499. The lowest BCUT2D eigenvalue weighted by atomic mass is 10.2. The third kappa shape index (κ3) is 1.20. The van der Waals surface area contributed by atoms with E-state index in [-0.39, 0.29) is 0 Å². The molecule has 0 amide bonds. The van der Waals surface area contributed by atoms with Crippen LogP contribution in [0.3, 0.4) is 0 Å². The molecule has 2 heteroatoms. The van der Waals surface area contributed by atoms with Gasteiger partial charge in [0.1, 0.15) is 0 Å². The highest BCUT2D eigenvalue weighted by atomic mass is 16.5. The molecule has 0 aromatic carbocycles. The maximum Gasteiger partial charge on any atom is 0.0780 e. The van der Waals surface area contributed by atoms with E-state index < -0.39 is 0 Å². The minimum Gasteiger partial charge on any atom is -0.455 e. The van der Waals surface area contributed by atoms with E-state index in [0.29, 0.717) is 6.10 Å². The highest BCUT2D eigenvalue weighted by Gasteiger charge is 2.17. The lowest BCUT2D eigenvalue weighted by Gasteiger charge is -2.42. The second kappa shape index (κ2) is 2.46. The van der Waals surface area contributed by atoms with Gasteiger partial charge in [-0.15, -0.1) is 0 Å². The Bertz CT molecular complexity index is 66.2. The van der Waals surface area contributed by atoms with Crippen LogP contribution in [0.1, 0.15) is 6.92 Å². The molecule has 0 aromatic rings. The zero-order valence-electron chi connectivity index (χ0n) is 5.26. The second-order valence-electron chi connectivity index (χ2n) is 2.11. The number of rotatable bonds is 2. The maximum absolute atomic E-state index is 5.27. The molecule has 1 aliphatic heterocycles. The molecule has 1 heterocycles. The van der Waals surface area contributed by atoms with Crippen LogP contribution < -0.4 is 0 Å². The van der Waals surface area contributed by atoms with Gasteiger partial charge in [0.25, 0.3) is 0 Å². The molecular formula is C6H12NO-. The van der Waals surface area contributed by atoms with Crippen LogP contribution in [0.4, 0.5) is 0 Å². The van der Waals surface area contributed by atoms with Crippen molar-refractivity contribution in [1.29, 1.82) is 0 Å². The largest absolute Gasteiger partial charge is 0.455 e. The molecule has 1 aliphatic rings. The van der Waals surface area contributed by atoms with Gasteiger partial charge >= 0.3 is 0 Å². The van der Waals surface area contributed by atoms with Crippen LogP contribution >= 0.6 is 0 Å². The molecule has 2 nitrogen and oxygen atoms in total. The fourth-order valence-electron chi connectivity index (χ4n) is 0.864. The summed E-state index contributed by atoms with van der Waals surface area (Å²) >= 11 is 0. The molecule has 1 rings (SSSR count). The molecule has 0 bridgehead atoms. The Hall–Kier alpha value is -0.0800. The molecule has 48 valence electrons. The summed E-state index contributed by atoms with van der Waals surface area (Å²) in [5, 5.41) is 0. The summed E-state index contributed by atoms with van der Waals surface area (Å²) in [6.45, 7) is 4.87. The fourth-order valence-corrected chi connectivity index (χ4v) is 0.864. The number of hydrogen-bond donors (Lipinski definition) is 0. The number of hydrogen-bond acceptors (Lipinski definition) is 2. The first kappa shape index (κ1) is 6.05. The lowest BCUT2D eigenvalue weighted by molar-refractivity contribution is -0.0299. The topological polar surface area (TPSA) is 12.5 Å². The van der Waals surface area contributed by atoms with Gasteiger partial charge in [-0.25, -0.2) is 0 Å². The minimum absolute atomic E-state index is 0.470. The van der Waals surface area contributed by atoms with Crippen molar-refractivity contribution in [2.24, 2.45) is 0 Å². The Labute approximate surface area is 50.4 Å². The second-order valence-corrected chi connectivity index (χ2v) is 2.11. The molecule has 0 saturated carbocycles. The molecule has 0 unspecified atom stereocenters. The van der Waals surface area contributed by atoms with E-state index in [9.17, 15) is 0 Å². The highest BCUT2D eigenvalue weighted by Crippen LogP contribution is 2.08. The van der Waals surface area contributed by atoms with Crippen LogP contribution in [-0.4, -0.2) is 30.7 Å². The summed E-state index contributed by atoms with van der Waals surface area (Å²) in [5.74, 6) is 0. The van der Waals surface area contributed by atoms with E-state index in [1.165, 1.54) is 0 Å². The van der Waals surface area contributed by atoms with Crippen LogP contribution in [0, 0.1) is 7.05 Å². The highest BCUT2D eigenvalue weighted by molar-refractivity contribution is 4.79. The zero-order valence-corrected chi connectivity index (χ0v) is 5.26. The van der Waals surface area contributed by atoms with Crippen LogP contribution in [0.25, 0.3) is 0 Å².